The highest BCUT2D eigenvalue weighted by Crippen LogP contribution is 2.24. The highest BCUT2D eigenvalue weighted by molar-refractivity contribution is 6.09. The first-order valence-electron chi connectivity index (χ1n) is 10.3. The van der Waals surface area contributed by atoms with E-state index in [0.717, 1.165) is 10.8 Å². The molecule has 0 spiro atoms. The Morgan fingerprint density at radius 1 is 1.06 bits per heavy atom. The Kier molecular flexibility index (Phi) is 6.51. The first kappa shape index (κ1) is 21.6. The summed E-state index contributed by atoms with van der Waals surface area (Å²) in [7, 11) is 8.37. The predicted octanol–water partition coefficient (Wildman–Crippen LogP) is 1.26. The minimum atomic E-state index is -1.56. The average molecular weight is 437 g/mol. The van der Waals surface area contributed by atoms with E-state index in [-0.39, 0.29) is 29.2 Å². The van der Waals surface area contributed by atoms with E-state index >= 15 is 0 Å². The molecular weight excluding hydrogens is 413 g/mol. The number of aromatic nitrogens is 1. The second kappa shape index (κ2) is 9.65. The van der Waals surface area contributed by atoms with E-state index in [4.69, 9.17) is 14.0 Å². The molecule has 0 aliphatic rings. The van der Waals surface area contributed by atoms with Crippen LogP contribution in [-0.4, -0.2) is 69.0 Å². The van der Waals surface area contributed by atoms with Gasteiger partial charge in [-0.05, 0) is 29.7 Å². The van der Waals surface area contributed by atoms with Gasteiger partial charge in [0.25, 0.3) is 11.5 Å². The van der Waals surface area contributed by atoms with E-state index < -0.39 is 24.8 Å². The molecule has 1 aromatic heterocycles. The van der Waals surface area contributed by atoms with Crippen LogP contribution in [0.3, 0.4) is 0 Å². The molecule has 1 amide bonds. The van der Waals surface area contributed by atoms with Gasteiger partial charge < -0.3 is 19.8 Å². The zero-order chi connectivity index (χ0) is 24.2. The fourth-order valence-corrected chi connectivity index (χ4v) is 3.23. The predicted molar refractivity (Wildman–Crippen MR) is 120 cm³/mol. The quantitative estimate of drug-likeness (QED) is 0.137. The number of carbonyl (C=O) groups is 3. The molecule has 0 fully saturated rings. The van der Waals surface area contributed by atoms with Crippen LogP contribution in [0, 0.1) is 0 Å². The number of pyridine rings is 1. The largest absolute Gasteiger partial charge is 0.476 e. The SMILES string of the molecule is [2H]C([B])OC(=O)CC(=O)OC[N+](C)(C)CC(=O)Nc1ccc2[nH]c(=O)c3ccccc3c2c1. The molecular formula is C22H23BN3O6+. The van der Waals surface area contributed by atoms with Crippen molar-refractivity contribution in [3.63, 3.8) is 0 Å². The van der Waals surface area contributed by atoms with Crippen LogP contribution < -0.4 is 10.9 Å². The van der Waals surface area contributed by atoms with Crippen LogP contribution in [-0.2, 0) is 23.9 Å². The van der Waals surface area contributed by atoms with E-state index in [1.54, 1.807) is 44.4 Å². The van der Waals surface area contributed by atoms with Crippen molar-refractivity contribution in [3.8, 4) is 0 Å². The summed E-state index contributed by atoms with van der Waals surface area (Å²) in [5.41, 5.74) is 1.03. The first-order valence-corrected chi connectivity index (χ1v) is 9.74. The Bertz CT molecular complexity index is 1270. The fraction of sp³-hybridized carbons (Fsp3) is 0.273. The third-order valence-corrected chi connectivity index (χ3v) is 4.65. The Labute approximate surface area is 186 Å². The van der Waals surface area contributed by atoms with Crippen molar-refractivity contribution in [1.82, 2.24) is 4.98 Å². The van der Waals surface area contributed by atoms with Gasteiger partial charge in [0.1, 0.15) is 14.3 Å². The molecule has 1 atom stereocenters. The van der Waals surface area contributed by atoms with Crippen molar-refractivity contribution in [2.45, 2.75) is 6.42 Å². The molecule has 1 heterocycles. The van der Waals surface area contributed by atoms with Gasteiger partial charge in [0.15, 0.2) is 6.54 Å². The van der Waals surface area contributed by atoms with Gasteiger partial charge in [-0.1, -0.05) is 18.2 Å². The van der Waals surface area contributed by atoms with Crippen LogP contribution in [0.2, 0.25) is 0 Å². The Morgan fingerprint density at radius 2 is 1.75 bits per heavy atom. The van der Waals surface area contributed by atoms with Gasteiger partial charge in [0.2, 0.25) is 6.73 Å². The van der Waals surface area contributed by atoms with Crippen LogP contribution in [0.5, 0.6) is 0 Å². The number of ether oxygens (including phenoxy) is 2. The Hall–Kier alpha value is -3.66. The van der Waals surface area contributed by atoms with Gasteiger partial charge in [0, 0.05) is 28.5 Å². The lowest BCUT2D eigenvalue weighted by atomic mass is 10.1. The number of nitrogens with zero attached hydrogens (tertiary/aromatic N) is 1. The summed E-state index contributed by atoms with van der Waals surface area (Å²) in [4.78, 5) is 50.8. The molecule has 3 aromatic rings. The number of anilines is 1. The number of rotatable bonds is 8. The fourth-order valence-electron chi connectivity index (χ4n) is 3.23. The highest BCUT2D eigenvalue weighted by Gasteiger charge is 2.23. The number of quaternary nitrogens is 1. The lowest BCUT2D eigenvalue weighted by Gasteiger charge is -2.27. The van der Waals surface area contributed by atoms with Gasteiger partial charge in [-0.15, -0.1) is 0 Å². The van der Waals surface area contributed by atoms with Gasteiger partial charge in [-0.2, -0.15) is 0 Å². The number of likely N-dealkylation sites (N-methyl/N-ethyl adjacent to an activating group) is 1. The monoisotopic (exact) mass is 437 g/mol. The number of hydrogen-bond acceptors (Lipinski definition) is 6. The molecule has 0 saturated heterocycles. The zero-order valence-corrected chi connectivity index (χ0v) is 17.7. The number of hydrogen-bond donors (Lipinski definition) is 2. The normalized spacial score (nSPS) is 12.8. The van der Waals surface area contributed by atoms with Crippen LogP contribution in [0.4, 0.5) is 5.69 Å². The Balaban J connectivity index is 1.63. The zero-order valence-electron chi connectivity index (χ0n) is 18.7. The topological polar surface area (TPSA) is 115 Å². The highest BCUT2D eigenvalue weighted by atomic mass is 16.6. The molecule has 2 N–H and O–H groups in total. The molecule has 9 nitrogen and oxygen atoms in total. The Morgan fingerprint density at radius 3 is 2.47 bits per heavy atom. The van der Waals surface area contributed by atoms with Crippen molar-refractivity contribution < 1.29 is 29.7 Å². The van der Waals surface area contributed by atoms with Crippen molar-refractivity contribution >= 4 is 53.1 Å². The van der Waals surface area contributed by atoms with E-state index in [1.807, 2.05) is 12.1 Å². The summed E-state index contributed by atoms with van der Waals surface area (Å²) in [6.45, 7) is -1.73. The van der Waals surface area contributed by atoms with Gasteiger partial charge in [0.05, 0.1) is 15.5 Å². The third kappa shape index (κ3) is 5.73. The number of esters is 2. The molecule has 0 aliphatic heterocycles. The minimum absolute atomic E-state index is 0.00834. The number of nitrogens with one attached hydrogen (secondary N) is 2. The van der Waals surface area contributed by atoms with Crippen LogP contribution in [0.1, 0.15) is 7.79 Å². The molecule has 10 heteroatoms. The van der Waals surface area contributed by atoms with Crippen molar-refractivity contribution in [1.29, 1.82) is 0 Å². The van der Waals surface area contributed by atoms with Crippen molar-refractivity contribution in [3.05, 3.63) is 52.8 Å². The second-order valence-corrected chi connectivity index (χ2v) is 7.85. The number of amides is 1. The van der Waals surface area contributed by atoms with Crippen LogP contribution >= 0.6 is 0 Å². The van der Waals surface area contributed by atoms with Crippen molar-refractivity contribution in [2.24, 2.45) is 0 Å². The van der Waals surface area contributed by atoms with Gasteiger partial charge in [-0.3, -0.25) is 23.7 Å². The summed E-state index contributed by atoms with van der Waals surface area (Å²) >= 11 is 0. The van der Waals surface area contributed by atoms with E-state index in [2.05, 4.69) is 15.0 Å². The van der Waals surface area contributed by atoms with E-state index in [0.29, 0.717) is 16.6 Å². The maximum absolute atomic E-state index is 12.6. The van der Waals surface area contributed by atoms with E-state index in [1.165, 1.54) is 0 Å². The molecule has 3 rings (SSSR count). The number of H-pyrrole nitrogens is 1. The maximum Gasteiger partial charge on any atom is 0.321 e. The molecule has 164 valence electrons. The third-order valence-electron chi connectivity index (χ3n) is 4.65. The van der Waals surface area contributed by atoms with Crippen LogP contribution in [0.25, 0.3) is 21.7 Å². The molecule has 0 saturated carbocycles. The molecule has 1 unspecified atom stereocenters. The number of carbonyl (C=O) groups excluding carboxylic acids is 3. The summed E-state index contributed by atoms with van der Waals surface area (Å²) in [6, 6.07) is 12.4. The molecule has 0 bridgehead atoms. The summed E-state index contributed by atoms with van der Waals surface area (Å²) in [5, 5.41) is 4.95. The number of fused-ring (bicyclic) bond motifs is 3. The maximum atomic E-state index is 12.6. The summed E-state index contributed by atoms with van der Waals surface area (Å²) in [6.07, 6.45) is -0.675. The number of aromatic amines is 1. The van der Waals surface area contributed by atoms with Crippen LogP contribution in [0.15, 0.2) is 47.3 Å². The smallest absolute Gasteiger partial charge is 0.321 e. The second-order valence-electron chi connectivity index (χ2n) is 7.85. The molecule has 32 heavy (non-hydrogen) atoms. The van der Waals surface area contributed by atoms with E-state index in [9.17, 15) is 19.2 Å². The summed E-state index contributed by atoms with van der Waals surface area (Å²) in [5.74, 6) is -2.12. The standard InChI is InChI=1S/C22H22BN3O6/c1-26(2,13-32-21(29)10-20(28)31-12-23)11-19(27)24-14-7-8-18-17(9-14)15-5-3-4-6-16(15)22(30)25-18/h3-9H,10-13H2,1-2H3,(H-,24,25,27,30)/p+1/i12D. The lowest BCUT2D eigenvalue weighted by Crippen LogP contribution is -2.47. The first-order chi connectivity index (χ1) is 15.5. The molecule has 2 radical (unpaired) electrons. The van der Waals surface area contributed by atoms with Crippen molar-refractivity contribution in [2.75, 3.05) is 39.2 Å². The minimum Gasteiger partial charge on any atom is -0.476 e. The molecule has 2 aromatic carbocycles. The number of benzene rings is 2. The average Bonchev–Trinajstić information content (AvgIpc) is 2.72. The van der Waals surface area contributed by atoms with Gasteiger partial charge >= 0.3 is 11.9 Å². The lowest BCUT2D eigenvalue weighted by molar-refractivity contribution is -0.899. The molecule has 0 aliphatic carbocycles. The van der Waals surface area contributed by atoms with Gasteiger partial charge in [-0.25, -0.2) is 0 Å². The summed E-state index contributed by atoms with van der Waals surface area (Å²) < 4.78 is 16.4.